The van der Waals surface area contributed by atoms with Gasteiger partial charge in [-0.25, -0.2) is 0 Å². The SMILES string of the molecule is Cc1ccccc1N(c1ccccc1)c1ccc(N(c2ccc(N(c3ccccc3)c3ccccc3C)cc2)c2ccc(N(c3ccccc3)c3ccccc3C)cc2)cc1. The maximum atomic E-state index is 2.35. The summed E-state index contributed by atoms with van der Waals surface area (Å²) in [6.07, 6.45) is 0. The monoisotopic (exact) mass is 788 g/mol. The van der Waals surface area contributed by atoms with Gasteiger partial charge in [-0.2, -0.15) is 0 Å². The summed E-state index contributed by atoms with van der Waals surface area (Å²) in [6, 6.07) is 84.3. The Morgan fingerprint density at radius 2 is 0.361 bits per heavy atom. The van der Waals surface area contributed by atoms with E-state index in [0.717, 1.165) is 68.2 Å². The van der Waals surface area contributed by atoms with Gasteiger partial charge in [0.2, 0.25) is 0 Å². The zero-order valence-electron chi connectivity index (χ0n) is 34.8. The molecule has 9 aromatic rings. The topological polar surface area (TPSA) is 13.0 Å². The largest absolute Gasteiger partial charge is 0.310 e. The third-order valence-corrected chi connectivity index (χ3v) is 11.2. The Balaban J connectivity index is 1.15. The molecule has 0 aromatic heterocycles. The highest BCUT2D eigenvalue weighted by molar-refractivity contribution is 5.86. The minimum atomic E-state index is 1.06. The minimum Gasteiger partial charge on any atom is -0.310 e. The molecule has 0 saturated heterocycles. The van der Waals surface area contributed by atoms with Crippen molar-refractivity contribution in [1.82, 2.24) is 0 Å². The average molecular weight is 789 g/mol. The molecular formula is C57H48N4. The first kappa shape index (κ1) is 38.7. The van der Waals surface area contributed by atoms with Gasteiger partial charge in [-0.1, -0.05) is 109 Å². The van der Waals surface area contributed by atoms with Gasteiger partial charge in [0.1, 0.15) is 0 Å². The molecule has 9 rings (SSSR count). The molecule has 4 heteroatoms. The third kappa shape index (κ3) is 8.12. The fourth-order valence-corrected chi connectivity index (χ4v) is 8.16. The van der Waals surface area contributed by atoms with Gasteiger partial charge < -0.3 is 19.6 Å². The quantitative estimate of drug-likeness (QED) is 0.122. The molecule has 0 N–H and O–H groups in total. The van der Waals surface area contributed by atoms with E-state index in [1.54, 1.807) is 0 Å². The first-order chi connectivity index (χ1) is 30.0. The van der Waals surface area contributed by atoms with E-state index in [9.17, 15) is 0 Å². The highest BCUT2D eigenvalue weighted by atomic mass is 15.2. The van der Waals surface area contributed by atoms with Crippen LogP contribution in [-0.4, -0.2) is 0 Å². The summed E-state index contributed by atoms with van der Waals surface area (Å²) in [4.78, 5) is 9.35. The average Bonchev–Trinajstić information content (AvgIpc) is 3.31. The number of aryl methyl sites for hydroxylation is 3. The van der Waals surface area contributed by atoms with E-state index in [1.807, 2.05) is 0 Å². The summed E-state index contributed by atoms with van der Waals surface area (Å²) in [5, 5.41) is 0. The van der Waals surface area contributed by atoms with Crippen LogP contribution in [0.15, 0.2) is 237 Å². The van der Waals surface area contributed by atoms with E-state index in [-0.39, 0.29) is 0 Å². The molecule has 0 radical (unpaired) electrons. The zero-order valence-corrected chi connectivity index (χ0v) is 34.8. The van der Waals surface area contributed by atoms with Crippen LogP contribution < -0.4 is 19.6 Å². The van der Waals surface area contributed by atoms with Crippen LogP contribution in [0.25, 0.3) is 0 Å². The molecule has 0 unspecified atom stereocenters. The number of para-hydroxylation sites is 6. The van der Waals surface area contributed by atoms with Crippen LogP contribution in [0.1, 0.15) is 16.7 Å². The second-order valence-electron chi connectivity index (χ2n) is 15.3. The van der Waals surface area contributed by atoms with Crippen molar-refractivity contribution in [3.05, 3.63) is 253 Å². The van der Waals surface area contributed by atoms with Crippen LogP contribution in [0, 0.1) is 20.8 Å². The summed E-state index contributed by atoms with van der Waals surface area (Å²) in [5.41, 5.74) is 16.8. The van der Waals surface area contributed by atoms with E-state index in [4.69, 9.17) is 0 Å². The van der Waals surface area contributed by atoms with E-state index in [0.29, 0.717) is 0 Å². The van der Waals surface area contributed by atoms with E-state index in [2.05, 4.69) is 277 Å². The summed E-state index contributed by atoms with van der Waals surface area (Å²) >= 11 is 0. The third-order valence-electron chi connectivity index (χ3n) is 11.2. The van der Waals surface area contributed by atoms with Crippen LogP contribution >= 0.6 is 0 Å². The number of anilines is 12. The number of nitrogens with zero attached hydrogens (tertiary/aromatic N) is 4. The predicted molar refractivity (Wildman–Crippen MR) is 259 cm³/mol. The van der Waals surface area contributed by atoms with Crippen molar-refractivity contribution in [3.8, 4) is 0 Å². The molecule has 296 valence electrons. The molecule has 0 fully saturated rings. The van der Waals surface area contributed by atoms with Crippen molar-refractivity contribution in [1.29, 1.82) is 0 Å². The van der Waals surface area contributed by atoms with Gasteiger partial charge in [0.05, 0.1) is 0 Å². The van der Waals surface area contributed by atoms with Crippen LogP contribution in [0.4, 0.5) is 68.2 Å². The van der Waals surface area contributed by atoms with Crippen LogP contribution in [0.5, 0.6) is 0 Å². The van der Waals surface area contributed by atoms with E-state index < -0.39 is 0 Å². The lowest BCUT2D eigenvalue weighted by atomic mass is 10.1. The van der Waals surface area contributed by atoms with Gasteiger partial charge in [-0.3, -0.25) is 0 Å². The molecule has 0 aliphatic heterocycles. The van der Waals surface area contributed by atoms with Gasteiger partial charge in [-0.15, -0.1) is 0 Å². The Morgan fingerprint density at radius 3 is 0.590 bits per heavy atom. The highest BCUT2D eigenvalue weighted by Gasteiger charge is 2.20. The second kappa shape index (κ2) is 17.6. The Morgan fingerprint density at radius 1 is 0.180 bits per heavy atom. The molecule has 61 heavy (non-hydrogen) atoms. The molecule has 0 aliphatic rings. The first-order valence-electron chi connectivity index (χ1n) is 20.9. The number of benzene rings is 9. The number of hydrogen-bond acceptors (Lipinski definition) is 4. The van der Waals surface area contributed by atoms with Crippen LogP contribution in [0.2, 0.25) is 0 Å². The van der Waals surface area contributed by atoms with E-state index in [1.165, 1.54) is 16.7 Å². The fraction of sp³-hybridized carbons (Fsp3) is 0.0526. The molecule has 0 aliphatic carbocycles. The van der Waals surface area contributed by atoms with Crippen molar-refractivity contribution in [2.45, 2.75) is 20.8 Å². The molecule has 0 atom stereocenters. The number of hydrogen-bond donors (Lipinski definition) is 0. The molecule has 0 spiro atoms. The summed E-state index contributed by atoms with van der Waals surface area (Å²) in [7, 11) is 0. The van der Waals surface area contributed by atoms with Crippen molar-refractivity contribution >= 4 is 68.2 Å². The Bertz CT molecular complexity index is 2510. The highest BCUT2D eigenvalue weighted by Crippen LogP contribution is 2.44. The molecular weight excluding hydrogens is 741 g/mol. The van der Waals surface area contributed by atoms with Crippen molar-refractivity contribution < 1.29 is 0 Å². The minimum absolute atomic E-state index is 1.06. The normalized spacial score (nSPS) is 10.9. The summed E-state index contributed by atoms with van der Waals surface area (Å²) < 4.78 is 0. The molecule has 0 amide bonds. The molecule has 0 bridgehead atoms. The predicted octanol–water partition coefficient (Wildman–Crippen LogP) is 16.5. The molecule has 0 saturated carbocycles. The maximum Gasteiger partial charge on any atom is 0.0490 e. The standard InChI is InChI=1S/C57H48N4/c1-43-19-13-16-28-55(43)59(46-22-7-4-8-23-46)52-37-31-49(32-38-52)58(50-33-39-53(40-34-50)60(47-24-9-5-10-25-47)56-29-17-14-20-44(56)2)51-35-41-54(42-36-51)61(48-26-11-6-12-27-48)57-30-18-15-21-45(57)3/h4-42H,1-3H3. The fourth-order valence-electron chi connectivity index (χ4n) is 8.16. The second-order valence-corrected chi connectivity index (χ2v) is 15.3. The summed E-state index contributed by atoms with van der Waals surface area (Å²) in [6.45, 7) is 6.51. The van der Waals surface area contributed by atoms with Crippen LogP contribution in [0.3, 0.4) is 0 Å². The van der Waals surface area contributed by atoms with Gasteiger partial charge in [0, 0.05) is 68.2 Å². The maximum absolute atomic E-state index is 2.35. The van der Waals surface area contributed by atoms with Crippen molar-refractivity contribution in [3.63, 3.8) is 0 Å². The van der Waals surface area contributed by atoms with Crippen molar-refractivity contribution in [2.75, 3.05) is 19.6 Å². The lowest BCUT2D eigenvalue weighted by Gasteiger charge is -2.31. The van der Waals surface area contributed by atoms with Crippen LogP contribution in [-0.2, 0) is 0 Å². The Labute approximate surface area is 360 Å². The van der Waals surface area contributed by atoms with Gasteiger partial charge in [0.25, 0.3) is 0 Å². The first-order valence-corrected chi connectivity index (χ1v) is 20.9. The summed E-state index contributed by atoms with van der Waals surface area (Å²) in [5.74, 6) is 0. The van der Waals surface area contributed by atoms with Gasteiger partial charge in [-0.05, 0) is 165 Å². The number of rotatable bonds is 12. The van der Waals surface area contributed by atoms with Gasteiger partial charge in [0.15, 0.2) is 0 Å². The lowest BCUT2D eigenvalue weighted by molar-refractivity contribution is 1.22. The molecule has 9 aromatic carbocycles. The molecule has 4 nitrogen and oxygen atoms in total. The Hall–Kier alpha value is -7.82. The van der Waals surface area contributed by atoms with Gasteiger partial charge >= 0.3 is 0 Å². The van der Waals surface area contributed by atoms with E-state index >= 15 is 0 Å². The lowest BCUT2D eigenvalue weighted by Crippen LogP contribution is -2.14. The molecule has 0 heterocycles. The van der Waals surface area contributed by atoms with Crippen molar-refractivity contribution in [2.24, 2.45) is 0 Å². The Kier molecular flexibility index (Phi) is 11.1. The smallest absolute Gasteiger partial charge is 0.0490 e. The zero-order chi connectivity index (χ0) is 41.5.